The summed E-state index contributed by atoms with van der Waals surface area (Å²) in [7, 11) is -3.66. The van der Waals surface area contributed by atoms with Crippen LogP contribution in [-0.2, 0) is 19.6 Å². The van der Waals surface area contributed by atoms with Crippen molar-refractivity contribution in [2.24, 2.45) is 0 Å². The van der Waals surface area contributed by atoms with Crippen molar-refractivity contribution < 1.29 is 22.7 Å². The minimum Gasteiger partial charge on any atom is -0.373 e. The summed E-state index contributed by atoms with van der Waals surface area (Å²) >= 11 is 0. The van der Waals surface area contributed by atoms with Gasteiger partial charge in [-0.05, 0) is 52.0 Å². The maximum atomic E-state index is 12.8. The Hall–Kier alpha value is -1.97. The minimum atomic E-state index is -3.66. The molecule has 3 atom stereocenters. The molecule has 1 aromatic rings. The predicted octanol–water partition coefficient (Wildman–Crippen LogP) is 0.739. The quantitative estimate of drug-likeness (QED) is 0.737. The van der Waals surface area contributed by atoms with E-state index in [9.17, 15) is 18.0 Å². The molecule has 1 saturated heterocycles. The number of nitrogens with zero attached hydrogens (tertiary/aromatic N) is 1. The van der Waals surface area contributed by atoms with Crippen molar-refractivity contribution in [1.29, 1.82) is 0 Å². The van der Waals surface area contributed by atoms with Gasteiger partial charge in [0, 0.05) is 25.2 Å². The molecule has 27 heavy (non-hydrogen) atoms. The van der Waals surface area contributed by atoms with Gasteiger partial charge < -0.3 is 15.4 Å². The van der Waals surface area contributed by atoms with Crippen molar-refractivity contribution in [3.63, 3.8) is 0 Å². The van der Waals surface area contributed by atoms with Gasteiger partial charge in [0.25, 0.3) is 5.91 Å². The highest BCUT2D eigenvalue weighted by molar-refractivity contribution is 7.89. The summed E-state index contributed by atoms with van der Waals surface area (Å²) in [6.45, 7) is 8.11. The van der Waals surface area contributed by atoms with Crippen molar-refractivity contribution in [3.05, 3.63) is 29.8 Å². The average Bonchev–Trinajstić information content (AvgIpc) is 2.61. The number of amides is 2. The molecule has 9 heteroatoms. The third-order valence-corrected chi connectivity index (χ3v) is 6.08. The minimum absolute atomic E-state index is 0.122. The second kappa shape index (κ2) is 8.81. The second-order valence-electron chi connectivity index (χ2n) is 6.69. The highest BCUT2D eigenvalue weighted by Crippen LogP contribution is 2.21. The lowest BCUT2D eigenvalue weighted by atomic mass is 10.2. The van der Waals surface area contributed by atoms with Gasteiger partial charge in [-0.2, -0.15) is 4.31 Å². The highest BCUT2D eigenvalue weighted by Gasteiger charge is 2.32. The van der Waals surface area contributed by atoms with E-state index >= 15 is 0 Å². The summed E-state index contributed by atoms with van der Waals surface area (Å²) in [5.74, 6) is -0.716. The number of morpholine rings is 1. The molecule has 1 fully saturated rings. The number of hydrogen-bond donors (Lipinski definition) is 2. The fraction of sp³-hybridized carbons (Fsp3) is 0.556. The second-order valence-corrected chi connectivity index (χ2v) is 8.63. The lowest BCUT2D eigenvalue weighted by Gasteiger charge is -2.34. The van der Waals surface area contributed by atoms with Crippen LogP contribution in [0.5, 0.6) is 0 Å². The van der Waals surface area contributed by atoms with E-state index in [4.69, 9.17) is 4.74 Å². The number of nitrogens with one attached hydrogen (secondary N) is 2. The summed E-state index contributed by atoms with van der Waals surface area (Å²) in [4.78, 5) is 24.1. The zero-order chi connectivity index (χ0) is 20.2. The van der Waals surface area contributed by atoms with E-state index in [0.717, 1.165) is 0 Å². The zero-order valence-electron chi connectivity index (χ0n) is 16.1. The van der Waals surface area contributed by atoms with Crippen LogP contribution in [0.25, 0.3) is 0 Å². The van der Waals surface area contributed by atoms with Crippen molar-refractivity contribution in [1.82, 2.24) is 14.9 Å². The number of carbonyl (C=O) groups is 2. The summed E-state index contributed by atoms with van der Waals surface area (Å²) in [6, 6.07) is 5.02. The van der Waals surface area contributed by atoms with Crippen LogP contribution in [0.3, 0.4) is 0 Å². The third kappa shape index (κ3) is 5.27. The molecule has 8 nitrogen and oxygen atoms in total. The largest absolute Gasteiger partial charge is 0.373 e. The van der Waals surface area contributed by atoms with E-state index in [1.165, 1.54) is 28.6 Å². The number of sulfonamides is 1. The smallest absolute Gasteiger partial charge is 0.251 e. The Morgan fingerprint density at radius 3 is 2.26 bits per heavy atom. The van der Waals surface area contributed by atoms with E-state index in [1.54, 1.807) is 13.8 Å². The molecule has 1 aromatic carbocycles. The molecule has 1 heterocycles. The van der Waals surface area contributed by atoms with E-state index in [-0.39, 0.29) is 28.6 Å². The maximum Gasteiger partial charge on any atom is 0.251 e. The first-order valence-electron chi connectivity index (χ1n) is 8.99. The first-order valence-corrected chi connectivity index (χ1v) is 10.4. The van der Waals surface area contributed by atoms with Crippen molar-refractivity contribution >= 4 is 21.8 Å². The van der Waals surface area contributed by atoms with Crippen LogP contribution < -0.4 is 10.6 Å². The number of carbonyl (C=O) groups excluding carboxylic acids is 2. The fourth-order valence-electron chi connectivity index (χ4n) is 2.93. The van der Waals surface area contributed by atoms with Crippen LogP contribution in [0.15, 0.2) is 29.2 Å². The number of likely N-dealkylation sites (N-methyl/N-ethyl adjacent to an activating group) is 1. The molecule has 0 bridgehead atoms. The van der Waals surface area contributed by atoms with Crippen LogP contribution in [0, 0.1) is 0 Å². The topological polar surface area (TPSA) is 105 Å². The Labute approximate surface area is 160 Å². The molecule has 1 aliphatic rings. The highest BCUT2D eigenvalue weighted by atomic mass is 32.2. The molecule has 0 radical (unpaired) electrons. The van der Waals surface area contributed by atoms with Gasteiger partial charge in [-0.15, -0.1) is 0 Å². The Balaban J connectivity index is 2.09. The first-order chi connectivity index (χ1) is 12.6. The van der Waals surface area contributed by atoms with Gasteiger partial charge >= 0.3 is 0 Å². The molecule has 0 spiro atoms. The summed E-state index contributed by atoms with van der Waals surface area (Å²) in [5, 5.41) is 5.21. The van der Waals surface area contributed by atoms with Gasteiger partial charge in [-0.25, -0.2) is 8.42 Å². The molecule has 150 valence electrons. The molecule has 1 aliphatic heterocycles. The number of benzene rings is 1. The predicted molar refractivity (Wildman–Crippen MR) is 101 cm³/mol. The zero-order valence-corrected chi connectivity index (χ0v) is 16.9. The van der Waals surface area contributed by atoms with Crippen molar-refractivity contribution in [3.8, 4) is 0 Å². The molecule has 0 saturated carbocycles. The number of hydrogen-bond acceptors (Lipinski definition) is 5. The standard InChI is InChI=1S/C18H27N3O5S/c1-5-19-17(22)14(4)20-18(23)15-6-8-16(9-7-15)27(24,25)21-10-12(2)26-13(3)11-21/h6-9,12-14H,5,10-11H2,1-4H3,(H,19,22)(H,20,23)/t12-,13+,14-/m1/s1. The van der Waals surface area contributed by atoms with E-state index in [1.807, 2.05) is 13.8 Å². The SMILES string of the molecule is CCNC(=O)[C@@H](C)NC(=O)c1ccc(S(=O)(=O)N2C[C@@H](C)O[C@@H](C)C2)cc1. The van der Waals surface area contributed by atoms with Gasteiger partial charge in [0.05, 0.1) is 17.1 Å². The van der Waals surface area contributed by atoms with Crippen molar-refractivity contribution in [2.75, 3.05) is 19.6 Å². The van der Waals surface area contributed by atoms with Gasteiger partial charge in [-0.1, -0.05) is 0 Å². The normalized spacial score (nSPS) is 22.1. The van der Waals surface area contributed by atoms with E-state index < -0.39 is 22.0 Å². The average molecular weight is 397 g/mol. The fourth-order valence-corrected chi connectivity index (χ4v) is 4.52. The van der Waals surface area contributed by atoms with E-state index in [2.05, 4.69) is 10.6 Å². The van der Waals surface area contributed by atoms with Gasteiger partial charge in [0.15, 0.2) is 0 Å². The molecule has 2 N–H and O–H groups in total. The van der Waals surface area contributed by atoms with E-state index in [0.29, 0.717) is 19.6 Å². The molecule has 0 unspecified atom stereocenters. The van der Waals surface area contributed by atoms with Gasteiger partial charge in [0.2, 0.25) is 15.9 Å². The van der Waals surface area contributed by atoms with Gasteiger partial charge in [-0.3, -0.25) is 9.59 Å². The lowest BCUT2D eigenvalue weighted by molar-refractivity contribution is -0.122. The molecule has 0 aromatic heterocycles. The summed E-state index contributed by atoms with van der Waals surface area (Å²) < 4.78 is 32.6. The Bertz CT molecular complexity index is 769. The van der Waals surface area contributed by atoms with Crippen LogP contribution in [0.1, 0.15) is 38.1 Å². The Kier molecular flexibility index (Phi) is 6.96. The van der Waals surface area contributed by atoms with Crippen LogP contribution in [0.2, 0.25) is 0 Å². The monoisotopic (exact) mass is 397 g/mol. The van der Waals surface area contributed by atoms with Crippen LogP contribution >= 0.6 is 0 Å². The summed E-state index contributed by atoms with van der Waals surface area (Å²) in [6.07, 6.45) is -0.353. The third-order valence-electron chi connectivity index (χ3n) is 4.23. The molecular formula is C18H27N3O5S. The summed E-state index contributed by atoms with van der Waals surface area (Å²) in [5.41, 5.74) is 0.286. The van der Waals surface area contributed by atoms with Crippen molar-refractivity contribution in [2.45, 2.75) is 50.8 Å². The van der Waals surface area contributed by atoms with Gasteiger partial charge in [0.1, 0.15) is 6.04 Å². The first kappa shape index (κ1) is 21.3. The maximum absolute atomic E-state index is 12.8. The van der Waals surface area contributed by atoms with Crippen LogP contribution in [0.4, 0.5) is 0 Å². The number of ether oxygens (including phenoxy) is 1. The molecular weight excluding hydrogens is 370 g/mol. The lowest BCUT2D eigenvalue weighted by Crippen LogP contribution is -2.48. The number of rotatable bonds is 6. The Morgan fingerprint density at radius 1 is 1.19 bits per heavy atom. The van der Waals surface area contributed by atoms with Crippen LogP contribution in [-0.4, -0.2) is 62.4 Å². The molecule has 2 rings (SSSR count). The Morgan fingerprint density at radius 2 is 1.74 bits per heavy atom. The molecule has 0 aliphatic carbocycles. The molecule has 2 amide bonds.